The van der Waals surface area contributed by atoms with Crippen LogP contribution in [-0.2, 0) is 0 Å². The Kier molecular flexibility index (Phi) is 5.66. The maximum absolute atomic E-state index is 14.4. The van der Waals surface area contributed by atoms with Crippen LogP contribution in [0.1, 0.15) is 10.4 Å². The number of amides is 1. The SMILES string of the molecule is COc1cc(N2CCN(C)CC2)ccc1Nc1ncc2c(n1)N(C)c1cccc(F)c1C(=O)N2. The fraction of sp³-hybridized carbons (Fsp3) is 0.292. The van der Waals surface area contributed by atoms with Gasteiger partial charge < -0.3 is 30.1 Å². The fourth-order valence-electron chi connectivity index (χ4n) is 4.26. The zero-order valence-electron chi connectivity index (χ0n) is 19.3. The molecule has 1 amide bonds. The molecule has 9 nitrogen and oxygen atoms in total. The molecule has 0 saturated carbocycles. The van der Waals surface area contributed by atoms with Crippen LogP contribution in [0.15, 0.2) is 42.6 Å². The third-order valence-corrected chi connectivity index (χ3v) is 6.21. The van der Waals surface area contributed by atoms with E-state index in [1.165, 1.54) is 12.3 Å². The molecular weight excluding hydrogens is 437 g/mol. The van der Waals surface area contributed by atoms with Crippen molar-refractivity contribution in [1.82, 2.24) is 14.9 Å². The molecule has 1 saturated heterocycles. The van der Waals surface area contributed by atoms with Gasteiger partial charge in [0.05, 0.1) is 30.2 Å². The van der Waals surface area contributed by atoms with Gasteiger partial charge >= 0.3 is 0 Å². The van der Waals surface area contributed by atoms with E-state index >= 15 is 0 Å². The van der Waals surface area contributed by atoms with Crippen molar-refractivity contribution in [2.75, 3.05) is 67.8 Å². The molecule has 0 atom stereocenters. The lowest BCUT2D eigenvalue weighted by atomic mass is 10.1. The van der Waals surface area contributed by atoms with Gasteiger partial charge in [0, 0.05) is 45.0 Å². The minimum absolute atomic E-state index is 0.0290. The van der Waals surface area contributed by atoms with Crippen molar-refractivity contribution >= 4 is 40.4 Å². The van der Waals surface area contributed by atoms with Gasteiger partial charge in [-0.25, -0.2) is 9.37 Å². The first-order chi connectivity index (χ1) is 16.4. The Labute approximate surface area is 197 Å². The number of halogens is 1. The summed E-state index contributed by atoms with van der Waals surface area (Å²) >= 11 is 0. The Morgan fingerprint density at radius 1 is 1.12 bits per heavy atom. The first-order valence-electron chi connectivity index (χ1n) is 11.0. The van der Waals surface area contributed by atoms with E-state index in [2.05, 4.69) is 37.4 Å². The van der Waals surface area contributed by atoms with E-state index in [9.17, 15) is 9.18 Å². The van der Waals surface area contributed by atoms with Gasteiger partial charge in [-0.15, -0.1) is 0 Å². The van der Waals surface area contributed by atoms with Gasteiger partial charge in [-0.2, -0.15) is 4.98 Å². The van der Waals surface area contributed by atoms with Gasteiger partial charge in [-0.1, -0.05) is 6.07 Å². The van der Waals surface area contributed by atoms with Crippen LogP contribution in [-0.4, -0.2) is 68.2 Å². The number of nitrogens with zero attached hydrogens (tertiary/aromatic N) is 5. The fourth-order valence-corrected chi connectivity index (χ4v) is 4.26. The monoisotopic (exact) mass is 463 g/mol. The molecule has 3 heterocycles. The highest BCUT2D eigenvalue weighted by Crippen LogP contribution is 2.37. The van der Waals surface area contributed by atoms with Crippen LogP contribution in [0.5, 0.6) is 5.75 Å². The summed E-state index contributed by atoms with van der Waals surface area (Å²) in [6, 6.07) is 10.5. The number of ether oxygens (including phenoxy) is 1. The molecule has 0 bridgehead atoms. The summed E-state index contributed by atoms with van der Waals surface area (Å²) in [7, 11) is 5.49. The standard InChI is InChI=1S/C24H26FN7O2/c1-30-9-11-32(12-10-30)15-7-8-17(20(13-15)34-3)28-24-26-14-18-22(29-24)31(2)19-6-4-5-16(25)21(19)23(33)27-18/h4-8,13-14H,9-12H2,1-3H3,(H,27,33)(H,26,28,29). The minimum Gasteiger partial charge on any atom is -0.494 e. The number of anilines is 6. The number of aromatic nitrogens is 2. The van der Waals surface area contributed by atoms with Crippen LogP contribution < -0.4 is 25.2 Å². The van der Waals surface area contributed by atoms with Gasteiger partial charge in [0.1, 0.15) is 17.3 Å². The molecule has 34 heavy (non-hydrogen) atoms. The van der Waals surface area contributed by atoms with Crippen molar-refractivity contribution in [3.8, 4) is 5.75 Å². The highest BCUT2D eigenvalue weighted by atomic mass is 19.1. The van der Waals surface area contributed by atoms with Crippen LogP contribution in [0.25, 0.3) is 0 Å². The average molecular weight is 464 g/mol. The maximum Gasteiger partial charge on any atom is 0.260 e. The van der Waals surface area contributed by atoms with E-state index < -0.39 is 11.7 Å². The molecule has 2 aliphatic heterocycles. The van der Waals surface area contributed by atoms with Crippen molar-refractivity contribution in [2.45, 2.75) is 0 Å². The van der Waals surface area contributed by atoms with Crippen molar-refractivity contribution in [1.29, 1.82) is 0 Å². The van der Waals surface area contributed by atoms with E-state index in [0.717, 1.165) is 31.9 Å². The number of hydrogen-bond donors (Lipinski definition) is 2. The number of piperazine rings is 1. The molecule has 3 aromatic rings. The van der Waals surface area contributed by atoms with Crippen molar-refractivity contribution in [3.63, 3.8) is 0 Å². The lowest BCUT2D eigenvalue weighted by Gasteiger charge is -2.34. The lowest BCUT2D eigenvalue weighted by Crippen LogP contribution is -2.44. The summed E-state index contributed by atoms with van der Waals surface area (Å²) in [5, 5.41) is 5.91. The highest BCUT2D eigenvalue weighted by Gasteiger charge is 2.27. The van der Waals surface area contributed by atoms with Gasteiger partial charge in [-0.3, -0.25) is 4.79 Å². The Balaban J connectivity index is 1.44. The Bertz CT molecular complexity index is 1240. The van der Waals surface area contributed by atoms with E-state index in [4.69, 9.17) is 4.74 Å². The molecule has 0 unspecified atom stereocenters. The molecule has 2 aromatic carbocycles. The number of nitrogens with one attached hydrogen (secondary N) is 2. The summed E-state index contributed by atoms with van der Waals surface area (Å²) < 4.78 is 20.0. The predicted molar refractivity (Wildman–Crippen MR) is 130 cm³/mol. The summed E-state index contributed by atoms with van der Waals surface area (Å²) in [5.41, 5.74) is 2.60. The molecule has 0 aliphatic carbocycles. The molecule has 10 heteroatoms. The molecule has 1 fully saturated rings. The number of fused-ring (bicyclic) bond motifs is 2. The maximum atomic E-state index is 14.4. The molecular formula is C24H26FN7O2. The van der Waals surface area contributed by atoms with Crippen LogP contribution in [0.3, 0.4) is 0 Å². The number of rotatable bonds is 4. The van der Waals surface area contributed by atoms with Crippen molar-refractivity contribution in [2.24, 2.45) is 0 Å². The summed E-state index contributed by atoms with van der Waals surface area (Å²) in [4.78, 5) is 27.9. The summed E-state index contributed by atoms with van der Waals surface area (Å²) in [6.07, 6.45) is 1.51. The average Bonchev–Trinajstić information content (AvgIpc) is 2.95. The first kappa shape index (κ1) is 21.9. The number of carbonyl (C=O) groups excluding carboxylic acids is 1. The molecule has 0 radical (unpaired) electrons. The number of benzene rings is 2. The molecule has 2 aliphatic rings. The molecule has 5 rings (SSSR count). The molecule has 0 spiro atoms. The Hall–Kier alpha value is -3.92. The molecule has 176 valence electrons. The largest absolute Gasteiger partial charge is 0.494 e. The first-order valence-corrected chi connectivity index (χ1v) is 11.0. The van der Waals surface area contributed by atoms with E-state index in [1.807, 2.05) is 18.2 Å². The van der Waals surface area contributed by atoms with Crippen LogP contribution in [0.2, 0.25) is 0 Å². The van der Waals surface area contributed by atoms with E-state index in [-0.39, 0.29) is 5.56 Å². The highest BCUT2D eigenvalue weighted by molar-refractivity contribution is 6.12. The summed E-state index contributed by atoms with van der Waals surface area (Å²) in [5.74, 6) is 0.313. The number of likely N-dealkylation sites (N-methyl/N-ethyl adjacent to an activating group) is 1. The van der Waals surface area contributed by atoms with Gasteiger partial charge in [0.15, 0.2) is 5.82 Å². The van der Waals surface area contributed by atoms with Gasteiger partial charge in [0.25, 0.3) is 5.91 Å². The van der Waals surface area contributed by atoms with Gasteiger partial charge in [0.2, 0.25) is 5.95 Å². The predicted octanol–water partition coefficient (Wildman–Crippen LogP) is 3.45. The lowest BCUT2D eigenvalue weighted by molar-refractivity contribution is 0.102. The second-order valence-electron chi connectivity index (χ2n) is 8.38. The zero-order chi connectivity index (χ0) is 23.8. The van der Waals surface area contributed by atoms with E-state index in [1.54, 1.807) is 31.2 Å². The van der Waals surface area contributed by atoms with Gasteiger partial charge in [-0.05, 0) is 31.3 Å². The normalized spacial score (nSPS) is 15.8. The third-order valence-electron chi connectivity index (χ3n) is 6.21. The minimum atomic E-state index is -0.592. The smallest absolute Gasteiger partial charge is 0.260 e. The van der Waals surface area contributed by atoms with Crippen molar-refractivity contribution < 1.29 is 13.9 Å². The van der Waals surface area contributed by atoms with Crippen LogP contribution in [0, 0.1) is 5.82 Å². The Morgan fingerprint density at radius 2 is 1.91 bits per heavy atom. The number of hydrogen-bond acceptors (Lipinski definition) is 8. The topological polar surface area (TPSA) is 85.9 Å². The third kappa shape index (κ3) is 3.96. The molecule has 2 N–H and O–H groups in total. The second-order valence-corrected chi connectivity index (χ2v) is 8.38. The number of methoxy groups -OCH3 is 1. The van der Waals surface area contributed by atoms with Crippen LogP contribution >= 0.6 is 0 Å². The number of carbonyl (C=O) groups is 1. The zero-order valence-corrected chi connectivity index (χ0v) is 19.3. The van der Waals surface area contributed by atoms with Crippen LogP contribution in [0.4, 0.5) is 38.9 Å². The molecule has 1 aromatic heterocycles. The quantitative estimate of drug-likeness (QED) is 0.609. The van der Waals surface area contributed by atoms with Crippen molar-refractivity contribution in [3.05, 3.63) is 54.0 Å². The van der Waals surface area contributed by atoms with E-state index in [0.29, 0.717) is 34.6 Å². The summed E-state index contributed by atoms with van der Waals surface area (Å²) in [6.45, 7) is 3.95. The second kappa shape index (κ2) is 8.79. The Morgan fingerprint density at radius 3 is 2.68 bits per heavy atom.